The zero-order valence-corrected chi connectivity index (χ0v) is 20.6. The van der Waals surface area contributed by atoms with Crippen LogP contribution in [0.2, 0.25) is 5.02 Å². The molecule has 1 fully saturated rings. The van der Waals surface area contributed by atoms with Gasteiger partial charge < -0.3 is 5.73 Å². The number of alkyl halides is 3. The molecule has 4 aromatic rings. The number of hydrogen-bond donors (Lipinski definition) is 2. The van der Waals surface area contributed by atoms with Gasteiger partial charge in [-0.2, -0.15) is 18.3 Å². The van der Waals surface area contributed by atoms with Crippen molar-refractivity contribution in [1.29, 1.82) is 0 Å². The zero-order chi connectivity index (χ0) is 27.4. The van der Waals surface area contributed by atoms with Crippen LogP contribution in [-0.4, -0.2) is 29.7 Å². The van der Waals surface area contributed by atoms with E-state index in [-0.39, 0.29) is 22.3 Å². The van der Waals surface area contributed by atoms with Crippen LogP contribution in [0.4, 0.5) is 23.2 Å². The van der Waals surface area contributed by atoms with Crippen LogP contribution >= 0.6 is 11.6 Å². The van der Waals surface area contributed by atoms with Crippen molar-refractivity contribution in [3.05, 3.63) is 74.2 Å². The predicted octanol–water partition coefficient (Wildman–Crippen LogP) is 4.60. The van der Waals surface area contributed by atoms with Crippen LogP contribution in [0.15, 0.2) is 46.6 Å². The highest BCUT2D eigenvalue weighted by Gasteiger charge is 2.36. The van der Waals surface area contributed by atoms with Gasteiger partial charge in [-0.1, -0.05) is 37.3 Å². The molecular formula is C24H22ClF4N7O2. The first-order valence-corrected chi connectivity index (χ1v) is 12.0. The Morgan fingerprint density at radius 2 is 1.76 bits per heavy atom. The van der Waals surface area contributed by atoms with E-state index in [0.29, 0.717) is 23.0 Å². The summed E-state index contributed by atoms with van der Waals surface area (Å²) in [6, 6.07) is 2.74. The summed E-state index contributed by atoms with van der Waals surface area (Å²) in [4.78, 5) is 35.7. The molecule has 0 saturated heterocycles. The lowest BCUT2D eigenvalue weighted by molar-refractivity contribution is -0.138. The van der Waals surface area contributed by atoms with Gasteiger partial charge in [-0.3, -0.25) is 14.2 Å². The van der Waals surface area contributed by atoms with E-state index in [9.17, 15) is 27.2 Å². The second-order valence-corrected chi connectivity index (χ2v) is 9.22. The molecule has 0 unspecified atom stereocenters. The van der Waals surface area contributed by atoms with Crippen molar-refractivity contribution >= 4 is 28.2 Å². The molecule has 0 aliphatic heterocycles. The first-order valence-electron chi connectivity index (χ1n) is 11.6. The SMILES string of the molecule is Nc1cn[nH]c(=O)c1C(F)(F)F.O=c1c2cc(F)c(-c3ncc(Cl)cn3)cc2ncn1CCC1CCCC1. The van der Waals surface area contributed by atoms with E-state index < -0.39 is 28.8 Å². The third-order valence-electron chi connectivity index (χ3n) is 6.20. The Kier molecular flexibility index (Phi) is 8.05. The minimum absolute atomic E-state index is 0.199. The number of anilines is 1. The molecule has 5 rings (SSSR count). The highest BCUT2D eigenvalue weighted by Crippen LogP contribution is 2.30. The van der Waals surface area contributed by atoms with Gasteiger partial charge in [-0.05, 0) is 24.5 Å². The molecule has 1 aromatic carbocycles. The van der Waals surface area contributed by atoms with E-state index in [0.717, 1.165) is 12.6 Å². The maximum Gasteiger partial charge on any atom is 0.423 e. The number of nitrogens with one attached hydrogen (secondary N) is 1. The van der Waals surface area contributed by atoms with Crippen molar-refractivity contribution in [1.82, 2.24) is 29.7 Å². The molecule has 0 spiro atoms. The van der Waals surface area contributed by atoms with Crippen LogP contribution in [0.1, 0.15) is 37.7 Å². The Labute approximate surface area is 217 Å². The van der Waals surface area contributed by atoms with Gasteiger partial charge in [-0.25, -0.2) is 24.4 Å². The van der Waals surface area contributed by atoms with Crippen molar-refractivity contribution < 1.29 is 17.6 Å². The quantitative estimate of drug-likeness (QED) is 0.354. The van der Waals surface area contributed by atoms with Crippen LogP contribution in [0.5, 0.6) is 0 Å². The molecule has 3 aromatic heterocycles. The Morgan fingerprint density at radius 3 is 2.37 bits per heavy atom. The van der Waals surface area contributed by atoms with Crippen molar-refractivity contribution in [3.8, 4) is 11.4 Å². The number of rotatable bonds is 4. The molecule has 14 heteroatoms. The molecular weight excluding hydrogens is 530 g/mol. The highest BCUT2D eigenvalue weighted by molar-refractivity contribution is 6.30. The molecule has 1 aliphatic rings. The van der Waals surface area contributed by atoms with Crippen LogP contribution in [0.25, 0.3) is 22.3 Å². The fourth-order valence-electron chi connectivity index (χ4n) is 4.29. The molecule has 1 saturated carbocycles. The summed E-state index contributed by atoms with van der Waals surface area (Å²) in [6.07, 6.45) is 6.33. The number of hydrogen-bond acceptors (Lipinski definition) is 7. The fourth-order valence-corrected chi connectivity index (χ4v) is 4.38. The maximum atomic E-state index is 14.6. The van der Waals surface area contributed by atoms with E-state index in [1.807, 2.05) is 0 Å². The van der Waals surface area contributed by atoms with Crippen LogP contribution in [0, 0.1) is 11.7 Å². The van der Waals surface area contributed by atoms with Crippen molar-refractivity contribution in [2.75, 3.05) is 5.73 Å². The molecule has 38 heavy (non-hydrogen) atoms. The molecule has 3 heterocycles. The van der Waals surface area contributed by atoms with Crippen LogP contribution < -0.4 is 16.9 Å². The number of aromatic amines is 1. The maximum absolute atomic E-state index is 14.6. The number of aryl methyl sites for hydroxylation is 1. The lowest BCUT2D eigenvalue weighted by atomic mass is 10.0. The number of nitrogen functional groups attached to an aromatic ring is 1. The summed E-state index contributed by atoms with van der Waals surface area (Å²) >= 11 is 5.77. The van der Waals surface area contributed by atoms with E-state index in [2.05, 4.69) is 20.1 Å². The molecule has 0 atom stereocenters. The molecule has 9 nitrogen and oxygen atoms in total. The summed E-state index contributed by atoms with van der Waals surface area (Å²) in [5.41, 5.74) is 1.91. The van der Waals surface area contributed by atoms with Gasteiger partial charge in [0.15, 0.2) is 5.82 Å². The van der Waals surface area contributed by atoms with Gasteiger partial charge in [-0.15, -0.1) is 0 Å². The molecule has 200 valence electrons. The van der Waals surface area contributed by atoms with E-state index in [1.165, 1.54) is 50.2 Å². The summed E-state index contributed by atoms with van der Waals surface area (Å²) in [5.74, 6) is 0.340. The lowest BCUT2D eigenvalue weighted by Gasteiger charge is -2.11. The number of nitrogens with zero attached hydrogens (tertiary/aromatic N) is 5. The first kappa shape index (κ1) is 27.2. The summed E-state index contributed by atoms with van der Waals surface area (Å²) in [7, 11) is 0. The zero-order valence-electron chi connectivity index (χ0n) is 19.8. The normalized spacial score (nSPS) is 13.9. The summed E-state index contributed by atoms with van der Waals surface area (Å²) < 4.78 is 52.1. The van der Waals surface area contributed by atoms with Gasteiger partial charge in [0, 0.05) is 18.9 Å². The highest BCUT2D eigenvalue weighted by atomic mass is 35.5. The first-order chi connectivity index (χ1) is 18.0. The third kappa shape index (κ3) is 6.15. The number of aromatic nitrogens is 6. The van der Waals surface area contributed by atoms with E-state index in [1.54, 1.807) is 16.0 Å². The Hall–Kier alpha value is -3.87. The van der Waals surface area contributed by atoms with Gasteiger partial charge in [0.2, 0.25) is 0 Å². The van der Waals surface area contributed by atoms with Gasteiger partial charge in [0.25, 0.3) is 11.1 Å². The molecule has 3 N–H and O–H groups in total. The van der Waals surface area contributed by atoms with Gasteiger partial charge >= 0.3 is 6.18 Å². The van der Waals surface area contributed by atoms with E-state index >= 15 is 0 Å². The smallest absolute Gasteiger partial charge is 0.397 e. The second-order valence-electron chi connectivity index (χ2n) is 8.78. The van der Waals surface area contributed by atoms with Crippen molar-refractivity contribution in [2.45, 2.75) is 44.8 Å². The lowest BCUT2D eigenvalue weighted by Crippen LogP contribution is -2.24. The predicted molar refractivity (Wildman–Crippen MR) is 133 cm³/mol. The van der Waals surface area contributed by atoms with Gasteiger partial charge in [0.1, 0.15) is 11.4 Å². The Bertz CT molecular complexity index is 1550. The summed E-state index contributed by atoms with van der Waals surface area (Å²) in [5, 5.41) is 5.38. The number of H-pyrrole nitrogens is 1. The topological polar surface area (TPSA) is 132 Å². The number of benzene rings is 1. The van der Waals surface area contributed by atoms with Crippen LogP contribution in [0.3, 0.4) is 0 Å². The van der Waals surface area contributed by atoms with E-state index in [4.69, 9.17) is 17.3 Å². The fraction of sp³-hybridized carbons (Fsp3) is 0.333. The van der Waals surface area contributed by atoms with Crippen molar-refractivity contribution in [2.24, 2.45) is 5.92 Å². The van der Waals surface area contributed by atoms with Crippen LogP contribution in [-0.2, 0) is 12.7 Å². The second kappa shape index (κ2) is 11.3. The number of fused-ring (bicyclic) bond motifs is 1. The summed E-state index contributed by atoms with van der Waals surface area (Å²) in [6.45, 7) is 0.621. The molecule has 1 aliphatic carbocycles. The standard InChI is InChI=1S/C19H18ClFN4O.C5H4F3N3O/c20-13-9-22-18(23-10-13)14-8-17-15(7-16(14)21)19(26)25(11-24-17)6-5-12-3-1-2-4-12;6-5(7,8)3-2(9)1-10-11-4(3)12/h7-12H,1-6H2;1H,(H3,9,11,12). The minimum Gasteiger partial charge on any atom is -0.397 e. The average Bonchev–Trinajstić information content (AvgIpc) is 3.38. The Balaban J connectivity index is 0.000000236. The van der Waals surface area contributed by atoms with Gasteiger partial charge in [0.05, 0.1) is 39.7 Å². The molecule has 0 radical (unpaired) electrons. The largest absolute Gasteiger partial charge is 0.423 e. The van der Waals surface area contributed by atoms with Crippen molar-refractivity contribution in [3.63, 3.8) is 0 Å². The molecule has 0 bridgehead atoms. The number of halogens is 5. The number of nitrogens with two attached hydrogens (primary N) is 1. The minimum atomic E-state index is -4.74. The average molecular weight is 552 g/mol. The molecule has 0 amide bonds. The third-order valence-corrected chi connectivity index (χ3v) is 6.39. The monoisotopic (exact) mass is 551 g/mol. The Morgan fingerprint density at radius 1 is 1.08 bits per heavy atom.